The molecule has 0 fully saturated rings. The zero-order chi connectivity index (χ0) is 17.1. The summed E-state index contributed by atoms with van der Waals surface area (Å²) in [6, 6.07) is 19.5. The van der Waals surface area contributed by atoms with E-state index in [1.807, 2.05) is 61.5 Å². The van der Waals surface area contributed by atoms with Crippen LogP contribution in [-0.4, -0.2) is 11.0 Å². The molecule has 0 bridgehead atoms. The Bertz CT molecular complexity index is 934. The zero-order valence-corrected chi connectivity index (χ0v) is 15.9. The molecular formula is C19H15IN2OS. The number of amides is 1. The molecule has 3 aromatic carbocycles. The van der Waals surface area contributed by atoms with Gasteiger partial charge in [0.25, 0.3) is 5.91 Å². The van der Waals surface area contributed by atoms with Gasteiger partial charge in [0.2, 0.25) is 0 Å². The first-order valence-corrected chi connectivity index (χ1v) is 8.89. The van der Waals surface area contributed by atoms with E-state index in [2.05, 4.69) is 33.2 Å². The zero-order valence-electron chi connectivity index (χ0n) is 13.0. The summed E-state index contributed by atoms with van der Waals surface area (Å²) in [4.78, 5) is 12.3. The van der Waals surface area contributed by atoms with Crippen molar-refractivity contribution in [2.75, 3.05) is 5.32 Å². The lowest BCUT2D eigenvalue weighted by atomic mass is 10.1. The number of benzene rings is 3. The summed E-state index contributed by atoms with van der Waals surface area (Å²) in [6.07, 6.45) is 0. The van der Waals surface area contributed by atoms with Crippen molar-refractivity contribution in [3.8, 4) is 0 Å². The minimum Gasteiger partial charge on any atom is -0.332 e. The van der Waals surface area contributed by atoms with Crippen LogP contribution in [0.4, 0.5) is 5.69 Å². The minimum atomic E-state index is -0.217. The molecule has 0 aromatic heterocycles. The molecule has 0 radical (unpaired) electrons. The van der Waals surface area contributed by atoms with E-state index in [1.165, 1.54) is 0 Å². The molecule has 0 unspecified atom stereocenters. The topological polar surface area (TPSA) is 41.1 Å². The number of rotatable bonds is 2. The molecule has 5 heteroatoms. The van der Waals surface area contributed by atoms with E-state index < -0.39 is 0 Å². The highest BCUT2D eigenvalue weighted by Crippen LogP contribution is 2.22. The first-order valence-electron chi connectivity index (χ1n) is 7.41. The third kappa shape index (κ3) is 3.73. The van der Waals surface area contributed by atoms with Crippen LogP contribution in [0, 0.1) is 10.5 Å². The van der Waals surface area contributed by atoms with Gasteiger partial charge in [-0.15, -0.1) is 0 Å². The first-order chi connectivity index (χ1) is 11.5. The molecule has 0 heterocycles. The summed E-state index contributed by atoms with van der Waals surface area (Å²) in [6.45, 7) is 2.01. The molecule has 3 aromatic rings. The SMILES string of the molecule is Cc1ccc(C(=O)NC(=S)Nc2cccc3ccccc23)cc1I. The number of hydrogen-bond donors (Lipinski definition) is 2. The molecule has 0 saturated carbocycles. The Morgan fingerprint density at radius 3 is 2.58 bits per heavy atom. The standard InChI is InChI=1S/C19H15IN2OS/c1-12-9-10-14(11-16(12)20)18(23)22-19(24)21-17-8-4-6-13-5-2-3-7-15(13)17/h2-11H,1H3,(H2,21,22,23,24). The van der Waals surface area contributed by atoms with Gasteiger partial charge in [-0.3, -0.25) is 10.1 Å². The number of halogens is 1. The highest BCUT2D eigenvalue weighted by atomic mass is 127. The molecule has 0 saturated heterocycles. The Balaban J connectivity index is 1.75. The fourth-order valence-corrected chi connectivity index (χ4v) is 3.12. The Hall–Kier alpha value is -1.99. The Labute approximate surface area is 159 Å². The monoisotopic (exact) mass is 446 g/mol. The van der Waals surface area contributed by atoms with Crippen molar-refractivity contribution in [2.24, 2.45) is 0 Å². The van der Waals surface area contributed by atoms with E-state index in [9.17, 15) is 4.79 Å². The number of aryl methyl sites for hydroxylation is 1. The fraction of sp³-hybridized carbons (Fsp3) is 0.0526. The lowest BCUT2D eigenvalue weighted by Gasteiger charge is -2.12. The maximum atomic E-state index is 12.3. The van der Waals surface area contributed by atoms with Gasteiger partial charge in [-0.05, 0) is 70.9 Å². The van der Waals surface area contributed by atoms with Crippen molar-refractivity contribution in [2.45, 2.75) is 6.92 Å². The third-order valence-electron chi connectivity index (χ3n) is 3.70. The lowest BCUT2D eigenvalue weighted by Crippen LogP contribution is -2.34. The van der Waals surface area contributed by atoms with Gasteiger partial charge < -0.3 is 5.32 Å². The Morgan fingerprint density at radius 2 is 1.79 bits per heavy atom. The number of fused-ring (bicyclic) bond motifs is 1. The van der Waals surface area contributed by atoms with Crippen molar-refractivity contribution < 1.29 is 4.79 Å². The Morgan fingerprint density at radius 1 is 1.04 bits per heavy atom. The van der Waals surface area contributed by atoms with Crippen molar-refractivity contribution in [3.63, 3.8) is 0 Å². The van der Waals surface area contributed by atoms with Crippen LogP contribution in [0.25, 0.3) is 10.8 Å². The van der Waals surface area contributed by atoms with Crippen molar-refractivity contribution in [1.29, 1.82) is 0 Å². The summed E-state index contributed by atoms with van der Waals surface area (Å²) >= 11 is 7.51. The average Bonchev–Trinajstić information content (AvgIpc) is 2.57. The highest BCUT2D eigenvalue weighted by molar-refractivity contribution is 14.1. The summed E-state index contributed by atoms with van der Waals surface area (Å²) < 4.78 is 1.05. The van der Waals surface area contributed by atoms with Crippen LogP contribution in [-0.2, 0) is 0 Å². The van der Waals surface area contributed by atoms with E-state index in [4.69, 9.17) is 12.2 Å². The van der Waals surface area contributed by atoms with Crippen molar-refractivity contribution in [3.05, 3.63) is 75.4 Å². The summed E-state index contributed by atoms with van der Waals surface area (Å²) in [7, 11) is 0. The van der Waals surface area contributed by atoms with Crippen LogP contribution < -0.4 is 10.6 Å². The molecule has 0 aliphatic heterocycles. The molecule has 24 heavy (non-hydrogen) atoms. The number of anilines is 1. The quantitative estimate of drug-likeness (QED) is 0.436. The first kappa shape index (κ1) is 16.9. The fourth-order valence-electron chi connectivity index (χ4n) is 2.40. The van der Waals surface area contributed by atoms with Gasteiger partial charge in [0.05, 0.1) is 0 Å². The predicted octanol–water partition coefficient (Wildman–Crippen LogP) is 4.88. The van der Waals surface area contributed by atoms with Gasteiger partial charge >= 0.3 is 0 Å². The van der Waals surface area contributed by atoms with Crippen molar-refractivity contribution in [1.82, 2.24) is 5.32 Å². The molecule has 0 atom stereocenters. The Kier molecular flexibility index (Phi) is 5.11. The molecule has 0 aliphatic rings. The second kappa shape index (κ2) is 7.27. The van der Waals surface area contributed by atoms with Gasteiger partial charge in [0.1, 0.15) is 0 Å². The maximum Gasteiger partial charge on any atom is 0.257 e. The van der Waals surface area contributed by atoms with Gasteiger partial charge in [-0.1, -0.05) is 42.5 Å². The van der Waals surface area contributed by atoms with E-state index in [1.54, 1.807) is 6.07 Å². The largest absolute Gasteiger partial charge is 0.332 e. The number of hydrogen-bond acceptors (Lipinski definition) is 2. The number of carbonyl (C=O) groups is 1. The second-order valence-corrected chi connectivity index (χ2v) is 6.97. The van der Waals surface area contributed by atoms with E-state index >= 15 is 0 Å². The normalized spacial score (nSPS) is 10.4. The smallest absolute Gasteiger partial charge is 0.257 e. The van der Waals surface area contributed by atoms with E-state index in [0.29, 0.717) is 5.56 Å². The van der Waals surface area contributed by atoms with Gasteiger partial charge in [-0.2, -0.15) is 0 Å². The number of nitrogens with one attached hydrogen (secondary N) is 2. The predicted molar refractivity (Wildman–Crippen MR) is 112 cm³/mol. The molecule has 2 N–H and O–H groups in total. The summed E-state index contributed by atoms with van der Waals surface area (Å²) in [5, 5.41) is 8.30. The second-order valence-electron chi connectivity index (χ2n) is 5.40. The van der Waals surface area contributed by atoms with Crippen LogP contribution in [0.5, 0.6) is 0 Å². The van der Waals surface area contributed by atoms with Gasteiger partial charge in [0, 0.05) is 20.2 Å². The average molecular weight is 446 g/mol. The molecule has 0 spiro atoms. The molecule has 1 amide bonds. The highest BCUT2D eigenvalue weighted by Gasteiger charge is 2.10. The number of carbonyl (C=O) groups excluding carboxylic acids is 1. The van der Waals surface area contributed by atoms with Crippen LogP contribution >= 0.6 is 34.8 Å². The molecule has 3 nitrogen and oxygen atoms in total. The van der Waals surface area contributed by atoms with E-state index in [0.717, 1.165) is 25.6 Å². The summed E-state index contributed by atoms with van der Waals surface area (Å²) in [5.41, 5.74) is 2.60. The van der Waals surface area contributed by atoms with Crippen LogP contribution in [0.1, 0.15) is 15.9 Å². The van der Waals surface area contributed by atoms with Crippen molar-refractivity contribution >= 4 is 62.3 Å². The van der Waals surface area contributed by atoms with Gasteiger partial charge in [-0.25, -0.2) is 0 Å². The lowest BCUT2D eigenvalue weighted by molar-refractivity contribution is 0.0977. The third-order valence-corrected chi connectivity index (χ3v) is 5.07. The van der Waals surface area contributed by atoms with Gasteiger partial charge in [0.15, 0.2) is 5.11 Å². The molecular weight excluding hydrogens is 431 g/mol. The molecule has 120 valence electrons. The van der Waals surface area contributed by atoms with E-state index in [-0.39, 0.29) is 11.0 Å². The molecule has 3 rings (SSSR count). The maximum absolute atomic E-state index is 12.3. The molecule has 0 aliphatic carbocycles. The number of thiocarbonyl (C=S) groups is 1. The minimum absolute atomic E-state index is 0.217. The summed E-state index contributed by atoms with van der Waals surface area (Å²) in [5.74, 6) is -0.217. The van der Waals surface area contributed by atoms with Crippen LogP contribution in [0.3, 0.4) is 0 Å². The van der Waals surface area contributed by atoms with Crippen LogP contribution in [0.2, 0.25) is 0 Å². The van der Waals surface area contributed by atoms with Crippen LogP contribution in [0.15, 0.2) is 60.7 Å².